The first kappa shape index (κ1) is 15.8. The summed E-state index contributed by atoms with van der Waals surface area (Å²) in [6.45, 7) is 0. The molecule has 0 unspecified atom stereocenters. The van der Waals surface area contributed by atoms with Gasteiger partial charge in [0, 0.05) is 16.7 Å². The highest BCUT2D eigenvalue weighted by atomic mass is 31.1. The Morgan fingerprint density at radius 1 is 0.577 bits per heavy atom. The van der Waals surface area contributed by atoms with Crippen molar-refractivity contribution in [3.63, 3.8) is 0 Å². The quantitative estimate of drug-likeness (QED) is 0.390. The predicted molar refractivity (Wildman–Crippen MR) is 107 cm³/mol. The van der Waals surface area contributed by atoms with E-state index in [9.17, 15) is 0 Å². The first-order valence-corrected chi connectivity index (χ1v) is 9.73. The molecule has 26 heavy (non-hydrogen) atoms. The average Bonchev–Trinajstić information content (AvgIpc) is 3.12. The predicted octanol–water partition coefficient (Wildman–Crippen LogP) is 6.92. The molecule has 1 fully saturated rings. The van der Waals surface area contributed by atoms with E-state index in [4.69, 9.17) is 8.39 Å². The minimum absolute atomic E-state index is 0.865. The molecule has 0 spiro atoms. The molecule has 0 atom stereocenters. The molecule has 3 heteroatoms. The van der Waals surface area contributed by atoms with Crippen LogP contribution in [-0.4, -0.2) is 0 Å². The van der Waals surface area contributed by atoms with Crippen LogP contribution in [0.25, 0.3) is 21.9 Å². The van der Waals surface area contributed by atoms with Gasteiger partial charge in [0.2, 0.25) is 8.01 Å². The highest BCUT2D eigenvalue weighted by Gasteiger charge is 2.35. The number of rotatable bonds is 2. The molecule has 1 saturated carbocycles. The lowest BCUT2D eigenvalue weighted by molar-refractivity contribution is 0.642. The zero-order valence-corrected chi connectivity index (χ0v) is 14.9. The van der Waals surface area contributed by atoms with Gasteiger partial charge in [0.15, 0.2) is 0 Å². The van der Waals surface area contributed by atoms with E-state index in [1.54, 1.807) is 0 Å². The summed E-state index contributed by atoms with van der Waals surface area (Å²) in [6, 6.07) is 26.6. The lowest BCUT2D eigenvalue weighted by Crippen LogP contribution is -2.01. The fraction of sp³-hybridized carbons (Fsp3) is 0. The Hall–Kier alpha value is -2.44. The van der Waals surface area contributed by atoms with Gasteiger partial charge in [0.05, 0.1) is 0 Å². The summed E-state index contributed by atoms with van der Waals surface area (Å²) in [7, 11) is -1.27. The van der Waals surface area contributed by atoms with E-state index in [2.05, 4.69) is 55.7 Å². The second-order valence-electron chi connectivity index (χ2n) is 6.12. The van der Waals surface area contributed by atoms with Gasteiger partial charge in [-0.3, -0.25) is 0 Å². The van der Waals surface area contributed by atoms with Gasteiger partial charge in [-0.25, -0.2) is 0 Å². The Labute approximate surface area is 154 Å². The van der Waals surface area contributed by atoms with E-state index in [-0.39, 0.29) is 0 Å². The summed E-state index contributed by atoms with van der Waals surface area (Å²) in [5.74, 6) is 1.16. The third kappa shape index (κ3) is 2.75. The highest BCUT2D eigenvalue weighted by Crippen LogP contribution is 2.54. The minimum atomic E-state index is -1.27. The maximum absolute atomic E-state index is 6.39. The average molecular weight is 355 g/mol. The molecule has 4 aromatic rings. The molecule has 0 N–H and O–H groups in total. The third-order valence-electron chi connectivity index (χ3n) is 4.50. The normalized spacial score (nSPS) is 15.7. The molecule has 1 aliphatic carbocycles. The van der Waals surface area contributed by atoms with Crippen LogP contribution in [-0.2, 0) is 0 Å². The second kappa shape index (κ2) is 6.70. The van der Waals surface area contributed by atoms with Gasteiger partial charge >= 0.3 is 0 Å². The molecule has 1 aromatic heterocycles. The zero-order chi connectivity index (χ0) is 17.3. The standard InChI is InChI=1S/C23H16O2P/c1-2-9-17(10-3-1)18-13-8-16-23(18)26-24-21-14-6-4-11-19(21)20-12-5-7-15-22(20)25-26/h1-16H. The third-order valence-corrected chi connectivity index (χ3v) is 6.01. The van der Waals surface area contributed by atoms with Gasteiger partial charge < -0.3 is 8.39 Å². The Morgan fingerprint density at radius 2 is 1.15 bits per heavy atom. The van der Waals surface area contributed by atoms with Gasteiger partial charge in [0.25, 0.3) is 0 Å². The molecular weight excluding hydrogens is 339 g/mol. The highest BCUT2D eigenvalue weighted by molar-refractivity contribution is 7.42. The van der Waals surface area contributed by atoms with Crippen molar-refractivity contribution in [1.29, 1.82) is 0 Å². The molecule has 0 amide bonds. The molecule has 5 radical (unpaired) electrons. The van der Waals surface area contributed by atoms with Crippen molar-refractivity contribution in [3.05, 3.63) is 115 Å². The van der Waals surface area contributed by atoms with Crippen molar-refractivity contribution >= 4 is 30.0 Å². The maximum atomic E-state index is 6.39. The molecule has 3 aromatic carbocycles. The van der Waals surface area contributed by atoms with Gasteiger partial charge in [-0.05, 0) is 37.0 Å². The Balaban J connectivity index is 1.73. The molecule has 125 valence electrons. The van der Waals surface area contributed by atoms with Crippen LogP contribution in [0.1, 0.15) is 5.56 Å². The summed E-state index contributed by atoms with van der Waals surface area (Å²) in [6.07, 6.45) is 6.29. The van der Waals surface area contributed by atoms with E-state index < -0.39 is 8.01 Å². The number of hydrogen-bond donors (Lipinski definition) is 0. The van der Waals surface area contributed by atoms with E-state index in [0.29, 0.717) is 0 Å². The molecule has 1 heterocycles. The molecule has 2 nitrogen and oxygen atoms in total. The summed E-state index contributed by atoms with van der Waals surface area (Å²) in [5, 5.41) is 2.14. The topological polar surface area (TPSA) is 26.3 Å². The van der Waals surface area contributed by atoms with Crippen LogP contribution < -0.4 is 0 Å². The molecule has 0 saturated heterocycles. The lowest BCUT2D eigenvalue weighted by Gasteiger charge is -2.15. The molecular formula is C23H16O2P. The summed E-state index contributed by atoms with van der Waals surface area (Å²) >= 11 is 0. The molecule has 0 bridgehead atoms. The fourth-order valence-corrected chi connectivity index (χ4v) is 4.78. The van der Waals surface area contributed by atoms with Crippen LogP contribution in [0.4, 0.5) is 0 Å². The number of hydrogen-bond acceptors (Lipinski definition) is 2. The van der Waals surface area contributed by atoms with Gasteiger partial charge in [-0.15, -0.1) is 0 Å². The maximum Gasteiger partial charge on any atom is 0.226 e. The van der Waals surface area contributed by atoms with Gasteiger partial charge in [-0.2, -0.15) is 0 Å². The Morgan fingerprint density at radius 3 is 1.81 bits per heavy atom. The molecule has 1 aliphatic rings. The van der Waals surface area contributed by atoms with E-state index >= 15 is 0 Å². The number of fused-ring (bicyclic) bond motifs is 3. The largest absolute Gasteiger partial charge is 0.419 e. The SMILES string of the molecule is [CH]1[CH][C](c2ccccc2)[C](p2oc3ccccc3c3ccccc3o2)[CH]1. The van der Waals surface area contributed by atoms with Crippen molar-refractivity contribution < 1.29 is 8.39 Å². The summed E-state index contributed by atoms with van der Waals surface area (Å²) < 4.78 is 12.8. The summed E-state index contributed by atoms with van der Waals surface area (Å²) in [4.78, 5) is 0. The monoisotopic (exact) mass is 355 g/mol. The first-order chi connectivity index (χ1) is 12.9. The van der Waals surface area contributed by atoms with E-state index in [1.165, 1.54) is 5.56 Å². The minimum Gasteiger partial charge on any atom is -0.419 e. The van der Waals surface area contributed by atoms with Crippen LogP contribution >= 0.6 is 8.01 Å². The summed E-state index contributed by atoms with van der Waals surface area (Å²) in [5.41, 5.74) is 4.00. The lowest BCUT2D eigenvalue weighted by atomic mass is 9.98. The van der Waals surface area contributed by atoms with Crippen LogP contribution in [0, 0.1) is 30.8 Å². The van der Waals surface area contributed by atoms with Crippen molar-refractivity contribution in [3.8, 4) is 0 Å². The smallest absolute Gasteiger partial charge is 0.226 e. The molecule has 0 aliphatic heterocycles. The van der Waals surface area contributed by atoms with Crippen molar-refractivity contribution in [2.75, 3.05) is 0 Å². The number of benzene rings is 3. The number of para-hydroxylation sites is 2. The van der Waals surface area contributed by atoms with Crippen molar-refractivity contribution in [2.45, 2.75) is 0 Å². The van der Waals surface area contributed by atoms with Gasteiger partial charge in [0.1, 0.15) is 16.8 Å². The fourth-order valence-electron chi connectivity index (χ4n) is 3.26. The first-order valence-electron chi connectivity index (χ1n) is 8.56. The van der Waals surface area contributed by atoms with Crippen molar-refractivity contribution in [1.82, 2.24) is 0 Å². The van der Waals surface area contributed by atoms with E-state index in [1.807, 2.05) is 42.5 Å². The van der Waals surface area contributed by atoms with Crippen LogP contribution in [0.3, 0.4) is 0 Å². The van der Waals surface area contributed by atoms with Crippen molar-refractivity contribution in [2.24, 2.45) is 0 Å². The van der Waals surface area contributed by atoms with E-state index in [0.717, 1.165) is 33.5 Å². The molecule has 5 rings (SSSR count). The second-order valence-corrected chi connectivity index (χ2v) is 7.48. The Bertz CT molecular complexity index is 1030. The van der Waals surface area contributed by atoms with Crippen LogP contribution in [0.15, 0.2) is 87.3 Å². The van der Waals surface area contributed by atoms with Crippen LogP contribution in [0.5, 0.6) is 0 Å². The Kier molecular flexibility index (Phi) is 4.07. The van der Waals surface area contributed by atoms with Gasteiger partial charge in [-0.1, -0.05) is 66.7 Å². The zero-order valence-electron chi connectivity index (χ0n) is 14.0. The van der Waals surface area contributed by atoms with Crippen LogP contribution in [0.2, 0.25) is 0 Å².